The zero-order chi connectivity index (χ0) is 22.9. The Hall–Kier alpha value is -3.69. The van der Waals surface area contributed by atoms with Gasteiger partial charge in [-0.15, -0.1) is 0 Å². The van der Waals surface area contributed by atoms with Gasteiger partial charge in [0.1, 0.15) is 6.04 Å². The summed E-state index contributed by atoms with van der Waals surface area (Å²) in [5.41, 5.74) is 3.06. The maximum atomic E-state index is 13.0. The number of carbonyl (C=O) groups excluding carboxylic acids is 4. The number of hydrogen-bond donors (Lipinski definition) is 3. The number of fused-ring (bicyclic) bond motifs is 1. The number of rotatable bonds is 5. The first-order valence-corrected chi connectivity index (χ1v) is 11.3. The van der Waals surface area contributed by atoms with E-state index in [-0.39, 0.29) is 43.1 Å². The Balaban J connectivity index is 1.24. The third-order valence-electron chi connectivity index (χ3n) is 6.75. The number of benzene rings is 1. The van der Waals surface area contributed by atoms with Crippen LogP contribution in [0, 0.1) is 0 Å². The fourth-order valence-electron chi connectivity index (χ4n) is 4.99. The highest BCUT2D eigenvalue weighted by Crippen LogP contribution is 2.32. The van der Waals surface area contributed by atoms with E-state index in [0.717, 1.165) is 30.6 Å². The Morgan fingerprint density at radius 1 is 1.18 bits per heavy atom. The minimum absolute atomic E-state index is 0.00293. The van der Waals surface area contributed by atoms with Crippen molar-refractivity contribution in [2.24, 2.45) is 0 Å². The summed E-state index contributed by atoms with van der Waals surface area (Å²) >= 11 is 0. The molecular formula is C23H26N6O4. The maximum absolute atomic E-state index is 13.0. The van der Waals surface area contributed by atoms with Gasteiger partial charge in [-0.1, -0.05) is 6.07 Å². The van der Waals surface area contributed by atoms with E-state index < -0.39 is 11.9 Å². The Kier molecular flexibility index (Phi) is 5.57. The minimum Gasteiger partial charge on any atom is -0.376 e. The van der Waals surface area contributed by atoms with Crippen LogP contribution in [0.5, 0.6) is 0 Å². The van der Waals surface area contributed by atoms with E-state index in [1.807, 2.05) is 17.0 Å². The molecule has 3 aliphatic rings. The predicted molar refractivity (Wildman–Crippen MR) is 118 cm³/mol. The SMILES string of the molecule is O=C1CCC(N2Cc3c(NCC(=O)N4CCCC(c5ccn[nH]5)C4)cccc3C2=O)C(=O)N1. The van der Waals surface area contributed by atoms with Crippen molar-refractivity contribution in [1.82, 2.24) is 25.3 Å². The van der Waals surface area contributed by atoms with Crippen molar-refractivity contribution in [3.8, 4) is 0 Å². The van der Waals surface area contributed by atoms with Gasteiger partial charge in [0, 0.05) is 60.7 Å². The molecule has 10 nitrogen and oxygen atoms in total. The van der Waals surface area contributed by atoms with Crippen LogP contribution in [0.1, 0.15) is 53.2 Å². The number of aromatic amines is 1. The second kappa shape index (κ2) is 8.68. The van der Waals surface area contributed by atoms with E-state index in [4.69, 9.17) is 0 Å². The monoisotopic (exact) mass is 450 g/mol. The zero-order valence-electron chi connectivity index (χ0n) is 18.2. The van der Waals surface area contributed by atoms with Gasteiger partial charge in [-0.05, 0) is 37.5 Å². The normalized spacial score (nSPS) is 22.8. The highest BCUT2D eigenvalue weighted by Gasteiger charge is 2.39. The van der Waals surface area contributed by atoms with Gasteiger partial charge < -0.3 is 15.1 Å². The van der Waals surface area contributed by atoms with E-state index in [2.05, 4.69) is 20.8 Å². The molecular weight excluding hydrogens is 424 g/mol. The predicted octanol–water partition coefficient (Wildman–Crippen LogP) is 0.989. The Morgan fingerprint density at radius 2 is 2.06 bits per heavy atom. The average Bonchev–Trinajstić information content (AvgIpc) is 3.47. The highest BCUT2D eigenvalue weighted by atomic mass is 16.2. The van der Waals surface area contributed by atoms with Gasteiger partial charge in [-0.25, -0.2) is 0 Å². The molecule has 2 aromatic rings. The molecule has 0 saturated carbocycles. The number of carbonyl (C=O) groups is 4. The molecule has 2 atom stereocenters. The number of piperidine rings is 2. The second-order valence-corrected chi connectivity index (χ2v) is 8.78. The van der Waals surface area contributed by atoms with Crippen LogP contribution < -0.4 is 10.6 Å². The molecule has 1 aromatic carbocycles. The third kappa shape index (κ3) is 4.08. The molecule has 172 valence electrons. The van der Waals surface area contributed by atoms with E-state index in [0.29, 0.717) is 24.2 Å². The average molecular weight is 450 g/mol. The third-order valence-corrected chi connectivity index (χ3v) is 6.75. The topological polar surface area (TPSA) is 128 Å². The van der Waals surface area contributed by atoms with Crippen LogP contribution in [-0.4, -0.2) is 69.3 Å². The summed E-state index contributed by atoms with van der Waals surface area (Å²) in [6.07, 6.45) is 4.21. The molecule has 0 bridgehead atoms. The number of nitrogens with zero attached hydrogens (tertiary/aromatic N) is 3. The van der Waals surface area contributed by atoms with Crippen molar-refractivity contribution in [2.75, 3.05) is 25.0 Å². The summed E-state index contributed by atoms with van der Waals surface area (Å²) in [7, 11) is 0. The number of likely N-dealkylation sites (tertiary alicyclic amines) is 1. The number of amides is 4. The summed E-state index contributed by atoms with van der Waals surface area (Å²) in [5, 5.41) is 12.5. The molecule has 4 heterocycles. The fraction of sp³-hybridized carbons (Fsp3) is 0.435. The van der Waals surface area contributed by atoms with Gasteiger partial charge in [0.25, 0.3) is 5.91 Å². The Morgan fingerprint density at radius 3 is 2.85 bits per heavy atom. The molecule has 2 saturated heterocycles. The molecule has 1 aromatic heterocycles. The fourth-order valence-corrected chi connectivity index (χ4v) is 4.99. The number of H-pyrrole nitrogens is 1. The first-order valence-electron chi connectivity index (χ1n) is 11.3. The lowest BCUT2D eigenvalue weighted by Gasteiger charge is -2.32. The van der Waals surface area contributed by atoms with Gasteiger partial charge >= 0.3 is 0 Å². The summed E-state index contributed by atoms with van der Waals surface area (Å²) in [4.78, 5) is 53.0. The highest BCUT2D eigenvalue weighted by molar-refractivity contribution is 6.06. The lowest BCUT2D eigenvalue weighted by molar-refractivity contribution is -0.137. The molecule has 10 heteroatoms. The van der Waals surface area contributed by atoms with E-state index in [9.17, 15) is 19.2 Å². The van der Waals surface area contributed by atoms with Gasteiger partial charge in [0.15, 0.2) is 0 Å². The molecule has 0 spiro atoms. The summed E-state index contributed by atoms with van der Waals surface area (Å²) in [6, 6.07) is 6.64. The van der Waals surface area contributed by atoms with Crippen molar-refractivity contribution in [2.45, 2.75) is 44.2 Å². The smallest absolute Gasteiger partial charge is 0.255 e. The molecule has 0 radical (unpaired) electrons. The van der Waals surface area contributed by atoms with Crippen molar-refractivity contribution in [1.29, 1.82) is 0 Å². The van der Waals surface area contributed by atoms with Crippen LogP contribution in [-0.2, 0) is 20.9 Å². The largest absolute Gasteiger partial charge is 0.376 e. The van der Waals surface area contributed by atoms with Crippen LogP contribution >= 0.6 is 0 Å². The van der Waals surface area contributed by atoms with Gasteiger partial charge in [-0.3, -0.25) is 29.6 Å². The lowest BCUT2D eigenvalue weighted by atomic mass is 9.95. The Labute approximate surface area is 190 Å². The van der Waals surface area contributed by atoms with E-state index >= 15 is 0 Å². The van der Waals surface area contributed by atoms with Crippen LogP contribution in [0.15, 0.2) is 30.5 Å². The standard InChI is InChI=1S/C23H26N6O4/c30-20-7-6-19(22(32)26-20)29-13-16-15(23(29)33)4-1-5-18(16)24-11-21(31)28-10-2-3-14(12-28)17-8-9-25-27-17/h1,4-5,8-9,14,19,24H,2-3,6-7,10-13H2,(H,25,27)(H,26,30,32). The molecule has 3 aliphatic heterocycles. The summed E-state index contributed by atoms with van der Waals surface area (Å²) in [5.74, 6) is -0.718. The number of hydrogen-bond acceptors (Lipinski definition) is 6. The van der Waals surface area contributed by atoms with E-state index in [1.165, 1.54) is 4.90 Å². The van der Waals surface area contributed by atoms with E-state index in [1.54, 1.807) is 18.3 Å². The zero-order valence-corrected chi connectivity index (χ0v) is 18.2. The lowest BCUT2D eigenvalue weighted by Crippen LogP contribution is -2.52. The van der Waals surface area contributed by atoms with Gasteiger partial charge in [0.2, 0.25) is 17.7 Å². The number of imide groups is 1. The van der Waals surface area contributed by atoms with Crippen molar-refractivity contribution in [3.05, 3.63) is 47.3 Å². The first kappa shape index (κ1) is 21.2. The van der Waals surface area contributed by atoms with Crippen LogP contribution in [0.25, 0.3) is 0 Å². The molecule has 5 rings (SSSR count). The van der Waals surface area contributed by atoms with Crippen LogP contribution in [0.2, 0.25) is 0 Å². The van der Waals surface area contributed by atoms with Crippen LogP contribution in [0.3, 0.4) is 0 Å². The molecule has 2 fully saturated rings. The quantitative estimate of drug-likeness (QED) is 0.583. The second-order valence-electron chi connectivity index (χ2n) is 8.78. The van der Waals surface area contributed by atoms with Gasteiger partial charge in [0.05, 0.1) is 6.54 Å². The molecule has 4 amide bonds. The van der Waals surface area contributed by atoms with Crippen LogP contribution in [0.4, 0.5) is 5.69 Å². The number of anilines is 1. The molecule has 3 N–H and O–H groups in total. The molecule has 33 heavy (non-hydrogen) atoms. The maximum Gasteiger partial charge on any atom is 0.255 e. The van der Waals surface area contributed by atoms with Crippen molar-refractivity contribution >= 4 is 29.3 Å². The molecule has 2 unspecified atom stereocenters. The van der Waals surface area contributed by atoms with Gasteiger partial charge in [-0.2, -0.15) is 5.10 Å². The first-order chi connectivity index (χ1) is 16.0. The Bertz CT molecular complexity index is 1100. The number of aromatic nitrogens is 2. The minimum atomic E-state index is -0.662. The number of nitrogens with one attached hydrogen (secondary N) is 3. The van der Waals surface area contributed by atoms with Crippen molar-refractivity contribution in [3.63, 3.8) is 0 Å². The summed E-state index contributed by atoms with van der Waals surface area (Å²) in [6.45, 7) is 1.76. The van der Waals surface area contributed by atoms with Crippen molar-refractivity contribution < 1.29 is 19.2 Å². The summed E-state index contributed by atoms with van der Waals surface area (Å²) < 4.78 is 0. The molecule has 0 aliphatic carbocycles.